The van der Waals surface area contributed by atoms with Crippen LogP contribution in [0.2, 0.25) is 0 Å². The smallest absolute Gasteiger partial charge is 0.328 e. The Labute approximate surface area is 134 Å². The van der Waals surface area contributed by atoms with Gasteiger partial charge in [-0.25, -0.2) is 9.78 Å². The van der Waals surface area contributed by atoms with Crippen molar-refractivity contribution < 1.29 is 9.90 Å². The predicted molar refractivity (Wildman–Crippen MR) is 92.2 cm³/mol. The van der Waals surface area contributed by atoms with Crippen molar-refractivity contribution in [3.05, 3.63) is 78.0 Å². The molecule has 0 saturated heterocycles. The third-order valence-electron chi connectivity index (χ3n) is 3.51. The van der Waals surface area contributed by atoms with Gasteiger partial charge in [0.05, 0.1) is 0 Å². The van der Waals surface area contributed by atoms with Crippen molar-refractivity contribution in [2.75, 3.05) is 5.32 Å². The molecule has 0 radical (unpaired) electrons. The first kappa shape index (κ1) is 14.8. The lowest BCUT2D eigenvalue weighted by molar-refractivity contribution is -0.131. The summed E-state index contributed by atoms with van der Waals surface area (Å²) >= 11 is 0. The summed E-state index contributed by atoms with van der Waals surface area (Å²) in [5.41, 5.74) is 2.03. The minimum Gasteiger partial charge on any atom is -0.478 e. The van der Waals surface area contributed by atoms with E-state index in [1.807, 2.05) is 42.5 Å². The lowest BCUT2D eigenvalue weighted by atomic mass is 10.1. The lowest BCUT2D eigenvalue weighted by Gasteiger charge is -2.09. The Morgan fingerprint density at radius 1 is 1.13 bits per heavy atom. The maximum Gasteiger partial charge on any atom is 0.328 e. The van der Waals surface area contributed by atoms with Crippen LogP contribution >= 0.6 is 0 Å². The summed E-state index contributed by atoms with van der Waals surface area (Å²) in [4.78, 5) is 15.0. The van der Waals surface area contributed by atoms with Crippen LogP contribution in [0.3, 0.4) is 0 Å². The Balaban J connectivity index is 1.85. The van der Waals surface area contributed by atoms with Gasteiger partial charge in [0, 0.05) is 24.2 Å². The topological polar surface area (TPSA) is 62.2 Å². The average Bonchev–Trinajstić information content (AvgIpc) is 2.58. The first-order chi connectivity index (χ1) is 11.2. The highest BCUT2D eigenvalue weighted by molar-refractivity contribution is 5.94. The molecule has 2 aromatic carbocycles. The first-order valence-corrected chi connectivity index (χ1v) is 7.30. The summed E-state index contributed by atoms with van der Waals surface area (Å²) in [5.74, 6) is -0.134. The van der Waals surface area contributed by atoms with Crippen LogP contribution in [0.1, 0.15) is 11.1 Å². The van der Waals surface area contributed by atoms with Crippen molar-refractivity contribution >= 4 is 28.6 Å². The summed E-state index contributed by atoms with van der Waals surface area (Å²) in [6, 6.07) is 17.8. The van der Waals surface area contributed by atoms with Crippen molar-refractivity contribution in [3.8, 4) is 0 Å². The van der Waals surface area contributed by atoms with Crippen LogP contribution in [0.5, 0.6) is 0 Å². The molecule has 3 rings (SSSR count). The van der Waals surface area contributed by atoms with Gasteiger partial charge in [-0.05, 0) is 34.7 Å². The van der Waals surface area contributed by atoms with E-state index in [1.165, 1.54) is 5.56 Å². The number of anilines is 1. The fourth-order valence-electron chi connectivity index (χ4n) is 2.39. The number of nitrogens with zero attached hydrogens (tertiary/aromatic N) is 1. The lowest BCUT2D eigenvalue weighted by Crippen LogP contribution is -2.01. The quantitative estimate of drug-likeness (QED) is 0.701. The van der Waals surface area contributed by atoms with Gasteiger partial charge in [0.1, 0.15) is 5.82 Å². The molecule has 0 atom stereocenters. The van der Waals surface area contributed by atoms with E-state index in [0.717, 1.165) is 28.2 Å². The molecule has 0 saturated carbocycles. The number of carbonyl (C=O) groups is 1. The number of hydrogen-bond acceptors (Lipinski definition) is 3. The van der Waals surface area contributed by atoms with Gasteiger partial charge in [-0.3, -0.25) is 0 Å². The molecule has 0 spiro atoms. The van der Waals surface area contributed by atoms with Gasteiger partial charge in [0.25, 0.3) is 0 Å². The minimum absolute atomic E-state index is 0.702. The van der Waals surface area contributed by atoms with Crippen LogP contribution in [0.4, 0.5) is 5.82 Å². The van der Waals surface area contributed by atoms with Gasteiger partial charge < -0.3 is 10.4 Å². The fourth-order valence-corrected chi connectivity index (χ4v) is 2.39. The van der Waals surface area contributed by atoms with Crippen molar-refractivity contribution in [1.82, 2.24) is 4.98 Å². The van der Waals surface area contributed by atoms with Gasteiger partial charge in [-0.2, -0.15) is 0 Å². The maximum absolute atomic E-state index is 10.6. The summed E-state index contributed by atoms with van der Waals surface area (Å²) in [6.45, 7) is 0.702. The number of carboxylic acids is 1. The van der Waals surface area contributed by atoms with Crippen molar-refractivity contribution in [2.45, 2.75) is 6.54 Å². The van der Waals surface area contributed by atoms with Crippen molar-refractivity contribution in [2.24, 2.45) is 0 Å². The zero-order chi connectivity index (χ0) is 16.1. The summed E-state index contributed by atoms with van der Waals surface area (Å²) in [5, 5.41) is 14.1. The van der Waals surface area contributed by atoms with Crippen LogP contribution in [-0.4, -0.2) is 16.1 Å². The van der Waals surface area contributed by atoms with Gasteiger partial charge >= 0.3 is 5.97 Å². The minimum atomic E-state index is -0.954. The van der Waals surface area contributed by atoms with E-state index in [9.17, 15) is 4.79 Å². The Kier molecular flexibility index (Phi) is 4.34. The molecule has 4 heteroatoms. The van der Waals surface area contributed by atoms with E-state index >= 15 is 0 Å². The molecule has 23 heavy (non-hydrogen) atoms. The molecule has 0 bridgehead atoms. The Bertz CT molecular complexity index is 858. The van der Waals surface area contributed by atoms with E-state index in [0.29, 0.717) is 6.54 Å². The molecule has 0 amide bonds. The number of benzene rings is 2. The van der Waals surface area contributed by atoms with Gasteiger partial charge in [-0.15, -0.1) is 0 Å². The van der Waals surface area contributed by atoms with Crippen LogP contribution in [0.15, 0.2) is 66.9 Å². The number of nitrogens with one attached hydrogen (secondary N) is 1. The third kappa shape index (κ3) is 3.74. The molecular formula is C19H16N2O2. The Hall–Kier alpha value is -3.14. The Morgan fingerprint density at radius 3 is 2.74 bits per heavy atom. The number of rotatable bonds is 5. The molecule has 0 unspecified atom stereocenters. The van der Waals surface area contributed by atoms with E-state index in [4.69, 9.17) is 5.11 Å². The van der Waals surface area contributed by atoms with Crippen LogP contribution in [0.25, 0.3) is 16.8 Å². The first-order valence-electron chi connectivity index (χ1n) is 7.30. The summed E-state index contributed by atoms with van der Waals surface area (Å²) in [7, 11) is 0. The predicted octanol–water partition coefficient (Wildman–Crippen LogP) is 3.94. The normalized spacial score (nSPS) is 11.0. The van der Waals surface area contributed by atoms with Crippen LogP contribution in [0, 0.1) is 0 Å². The third-order valence-corrected chi connectivity index (χ3v) is 3.51. The summed E-state index contributed by atoms with van der Waals surface area (Å²) < 4.78 is 0. The standard InChI is InChI=1S/C19H16N2O2/c22-18(23)9-7-14-6-8-17-16(12-14)10-11-20-19(17)21-13-15-4-2-1-3-5-15/h1-12H,13H2,(H,20,21)(H,22,23)/b9-7+. The number of aromatic nitrogens is 1. The van der Waals surface area contributed by atoms with E-state index in [-0.39, 0.29) is 0 Å². The molecule has 0 aliphatic carbocycles. The van der Waals surface area contributed by atoms with Crippen molar-refractivity contribution in [1.29, 1.82) is 0 Å². The molecule has 0 aliphatic rings. The molecule has 1 heterocycles. The molecule has 114 valence electrons. The zero-order valence-electron chi connectivity index (χ0n) is 12.4. The van der Waals surface area contributed by atoms with Gasteiger partial charge in [0.2, 0.25) is 0 Å². The monoisotopic (exact) mass is 304 g/mol. The molecule has 3 aromatic rings. The number of pyridine rings is 1. The van der Waals surface area contributed by atoms with Gasteiger partial charge in [0.15, 0.2) is 0 Å². The second-order valence-corrected chi connectivity index (χ2v) is 5.15. The second-order valence-electron chi connectivity index (χ2n) is 5.15. The number of carboxylic acid groups (broad SMARTS) is 1. The van der Waals surface area contributed by atoms with Crippen LogP contribution in [-0.2, 0) is 11.3 Å². The van der Waals surface area contributed by atoms with E-state index < -0.39 is 5.97 Å². The molecule has 0 fully saturated rings. The highest BCUT2D eigenvalue weighted by Gasteiger charge is 2.03. The molecule has 0 aliphatic heterocycles. The largest absolute Gasteiger partial charge is 0.478 e. The molecule has 2 N–H and O–H groups in total. The Morgan fingerprint density at radius 2 is 1.96 bits per heavy atom. The van der Waals surface area contributed by atoms with E-state index in [1.54, 1.807) is 12.3 Å². The highest BCUT2D eigenvalue weighted by atomic mass is 16.4. The second kappa shape index (κ2) is 6.75. The summed E-state index contributed by atoms with van der Waals surface area (Å²) in [6.07, 6.45) is 4.47. The number of hydrogen-bond donors (Lipinski definition) is 2. The average molecular weight is 304 g/mol. The van der Waals surface area contributed by atoms with E-state index in [2.05, 4.69) is 22.4 Å². The number of fused-ring (bicyclic) bond motifs is 1. The number of aliphatic carboxylic acids is 1. The van der Waals surface area contributed by atoms with Crippen LogP contribution < -0.4 is 5.32 Å². The maximum atomic E-state index is 10.6. The van der Waals surface area contributed by atoms with Gasteiger partial charge in [-0.1, -0.05) is 42.5 Å². The SMILES string of the molecule is O=C(O)/C=C/c1ccc2c(NCc3ccccc3)nccc2c1. The highest BCUT2D eigenvalue weighted by Crippen LogP contribution is 2.23. The van der Waals surface area contributed by atoms with Crippen molar-refractivity contribution in [3.63, 3.8) is 0 Å². The molecule has 1 aromatic heterocycles. The zero-order valence-corrected chi connectivity index (χ0v) is 12.4. The fraction of sp³-hybridized carbons (Fsp3) is 0.0526. The molecular weight excluding hydrogens is 288 g/mol. The molecule has 4 nitrogen and oxygen atoms in total.